The molecule has 1 amide bonds. The highest BCUT2D eigenvalue weighted by Gasteiger charge is 2.23. The highest BCUT2D eigenvalue weighted by molar-refractivity contribution is 7.17. The van der Waals surface area contributed by atoms with Crippen LogP contribution in [0.5, 0.6) is 11.5 Å². The van der Waals surface area contributed by atoms with Crippen LogP contribution in [0.1, 0.15) is 47.8 Å². The number of thiophene rings is 1. The van der Waals surface area contributed by atoms with Crippen molar-refractivity contribution in [3.8, 4) is 22.9 Å². The summed E-state index contributed by atoms with van der Waals surface area (Å²) >= 11 is 0.805. The smallest absolute Gasteiger partial charge is 0.324 e. The second-order valence-electron chi connectivity index (χ2n) is 8.43. The van der Waals surface area contributed by atoms with Crippen LogP contribution in [0, 0.1) is 10.1 Å². The van der Waals surface area contributed by atoms with E-state index in [2.05, 4.69) is 15.4 Å². The van der Waals surface area contributed by atoms with Gasteiger partial charge in [-0.1, -0.05) is 30.6 Å². The van der Waals surface area contributed by atoms with Gasteiger partial charge in [-0.2, -0.15) is 5.10 Å². The maximum absolute atomic E-state index is 13.0. The van der Waals surface area contributed by atoms with Gasteiger partial charge in [0.25, 0.3) is 5.91 Å². The molecule has 1 fully saturated rings. The van der Waals surface area contributed by atoms with Gasteiger partial charge in [0.1, 0.15) is 5.82 Å². The largest absolute Gasteiger partial charge is 0.493 e. The number of benzene rings is 1. The van der Waals surface area contributed by atoms with Gasteiger partial charge in [-0.25, -0.2) is 14.6 Å². The number of carbonyl (C=O) groups excluding carboxylic acids is 1. The minimum Gasteiger partial charge on any atom is -0.493 e. The Bertz CT molecular complexity index is 1440. The summed E-state index contributed by atoms with van der Waals surface area (Å²) in [6.45, 7) is 0. The summed E-state index contributed by atoms with van der Waals surface area (Å²) in [6, 6.07) is 8.31. The molecule has 5 rings (SSSR count). The highest BCUT2D eigenvalue weighted by Crippen LogP contribution is 2.35. The molecule has 1 N–H and O–H groups in total. The Morgan fingerprint density at radius 1 is 1.11 bits per heavy atom. The van der Waals surface area contributed by atoms with Crippen LogP contribution >= 0.6 is 11.3 Å². The van der Waals surface area contributed by atoms with Gasteiger partial charge in [-0.05, 0) is 37.1 Å². The van der Waals surface area contributed by atoms with E-state index in [1.165, 1.54) is 18.6 Å². The van der Waals surface area contributed by atoms with Crippen molar-refractivity contribution in [3.05, 3.63) is 51.5 Å². The summed E-state index contributed by atoms with van der Waals surface area (Å²) in [5.74, 6) is 1.27. The van der Waals surface area contributed by atoms with Crippen molar-refractivity contribution in [2.75, 3.05) is 19.5 Å². The van der Waals surface area contributed by atoms with Crippen LogP contribution in [0.15, 0.2) is 36.5 Å². The first-order chi connectivity index (χ1) is 17.5. The molecule has 3 aromatic heterocycles. The molecule has 0 radical (unpaired) electrons. The number of ether oxygens (including phenoxy) is 2. The molecular weight excluding hydrogens is 484 g/mol. The number of nitro groups is 1. The maximum Gasteiger partial charge on any atom is 0.324 e. The number of hydrogen-bond acceptors (Lipinski definition) is 9. The highest BCUT2D eigenvalue weighted by atomic mass is 32.1. The van der Waals surface area contributed by atoms with Crippen LogP contribution in [0.25, 0.3) is 22.4 Å². The minimum atomic E-state index is -0.520. The van der Waals surface area contributed by atoms with Gasteiger partial charge in [0.15, 0.2) is 23.0 Å². The van der Waals surface area contributed by atoms with Crippen LogP contribution in [0.3, 0.4) is 0 Å². The van der Waals surface area contributed by atoms with Gasteiger partial charge in [-0.15, -0.1) is 0 Å². The van der Waals surface area contributed by atoms with Crippen molar-refractivity contribution in [1.29, 1.82) is 0 Å². The molecule has 11 nitrogen and oxygen atoms in total. The summed E-state index contributed by atoms with van der Waals surface area (Å²) < 4.78 is 12.7. The van der Waals surface area contributed by atoms with Crippen LogP contribution in [0.4, 0.5) is 10.8 Å². The fraction of sp³-hybridized carbons (Fsp3) is 0.333. The molecule has 0 bridgehead atoms. The lowest BCUT2D eigenvalue weighted by Gasteiger charge is -2.22. The molecule has 12 heteroatoms. The zero-order valence-corrected chi connectivity index (χ0v) is 20.6. The lowest BCUT2D eigenvalue weighted by atomic mass is 9.96. The van der Waals surface area contributed by atoms with E-state index in [4.69, 9.17) is 14.5 Å². The predicted octanol–water partition coefficient (Wildman–Crippen LogP) is 5.24. The van der Waals surface area contributed by atoms with Crippen LogP contribution < -0.4 is 14.8 Å². The van der Waals surface area contributed by atoms with E-state index in [1.807, 2.05) is 10.7 Å². The fourth-order valence-corrected chi connectivity index (χ4v) is 5.15. The topological polar surface area (TPSA) is 134 Å². The Kier molecular flexibility index (Phi) is 6.51. The second kappa shape index (κ2) is 9.90. The number of methoxy groups -OCH3 is 2. The quantitative estimate of drug-likeness (QED) is 0.265. The number of hydrogen-bond donors (Lipinski definition) is 1. The SMILES string of the molecule is COc1ccc(-c2nc(NC(=O)c3ccc([N+](=O)[O-])s3)c3cnn(C4CCCCC4)c3n2)cc1OC. The van der Waals surface area contributed by atoms with E-state index in [0.717, 1.165) is 37.0 Å². The van der Waals surface area contributed by atoms with Gasteiger partial charge in [0, 0.05) is 11.6 Å². The van der Waals surface area contributed by atoms with Crippen molar-refractivity contribution < 1.29 is 19.2 Å². The normalized spacial score (nSPS) is 14.1. The van der Waals surface area contributed by atoms with Crippen LogP contribution in [0.2, 0.25) is 0 Å². The van der Waals surface area contributed by atoms with E-state index in [0.29, 0.717) is 33.9 Å². The lowest BCUT2D eigenvalue weighted by molar-refractivity contribution is -0.380. The Balaban J connectivity index is 1.60. The Morgan fingerprint density at radius 2 is 1.89 bits per heavy atom. The van der Waals surface area contributed by atoms with E-state index in [9.17, 15) is 14.9 Å². The Morgan fingerprint density at radius 3 is 2.58 bits per heavy atom. The van der Waals surface area contributed by atoms with Crippen LogP contribution in [-0.4, -0.2) is 44.8 Å². The summed E-state index contributed by atoms with van der Waals surface area (Å²) in [7, 11) is 3.11. The standard InChI is InChI=1S/C24H24N6O5S/c1-34-17-9-8-14(12-18(17)35-2)21-26-22(28-24(31)19-10-11-20(36-19)30(32)33)16-13-25-29(23(16)27-21)15-6-4-3-5-7-15/h8-13,15H,3-7H2,1-2H3,(H,26,27,28,31). The molecule has 1 aliphatic carbocycles. The molecule has 186 valence electrons. The first-order valence-corrected chi connectivity index (χ1v) is 12.3. The number of fused-ring (bicyclic) bond motifs is 1. The average Bonchev–Trinajstić information content (AvgIpc) is 3.57. The molecule has 0 spiro atoms. The van der Waals surface area contributed by atoms with Gasteiger partial charge in [-0.3, -0.25) is 14.9 Å². The molecular formula is C24H24N6O5S. The zero-order valence-electron chi connectivity index (χ0n) is 19.8. The number of nitrogens with zero attached hydrogens (tertiary/aromatic N) is 5. The van der Waals surface area contributed by atoms with E-state index >= 15 is 0 Å². The predicted molar refractivity (Wildman–Crippen MR) is 135 cm³/mol. The Labute approximate surface area is 210 Å². The molecule has 0 aliphatic heterocycles. The van der Waals surface area contributed by atoms with Crippen molar-refractivity contribution in [3.63, 3.8) is 0 Å². The number of nitrogens with one attached hydrogen (secondary N) is 1. The Hall–Kier alpha value is -4.06. The number of rotatable bonds is 7. The number of anilines is 1. The maximum atomic E-state index is 13.0. The van der Waals surface area contributed by atoms with Gasteiger partial charge in [0.2, 0.25) is 0 Å². The minimum absolute atomic E-state index is 0.107. The summed E-state index contributed by atoms with van der Waals surface area (Å²) in [6.07, 6.45) is 7.13. The lowest BCUT2D eigenvalue weighted by Crippen LogP contribution is -2.15. The van der Waals surface area contributed by atoms with Gasteiger partial charge < -0.3 is 14.8 Å². The van der Waals surface area contributed by atoms with Crippen molar-refractivity contribution in [2.45, 2.75) is 38.1 Å². The third kappa shape index (κ3) is 4.47. The van der Waals surface area contributed by atoms with Crippen molar-refractivity contribution in [2.24, 2.45) is 0 Å². The summed E-state index contributed by atoms with van der Waals surface area (Å²) in [5.41, 5.74) is 1.29. The molecule has 1 saturated carbocycles. The molecule has 1 aliphatic rings. The van der Waals surface area contributed by atoms with E-state index < -0.39 is 10.8 Å². The monoisotopic (exact) mass is 508 g/mol. The van der Waals surface area contributed by atoms with E-state index in [-0.39, 0.29) is 21.7 Å². The molecule has 4 aromatic rings. The van der Waals surface area contributed by atoms with Gasteiger partial charge >= 0.3 is 5.00 Å². The fourth-order valence-electron chi connectivity index (χ4n) is 4.44. The molecule has 0 unspecified atom stereocenters. The molecule has 36 heavy (non-hydrogen) atoms. The first kappa shape index (κ1) is 23.7. The van der Waals surface area contributed by atoms with Gasteiger partial charge in [0.05, 0.1) is 41.6 Å². The van der Waals surface area contributed by atoms with Crippen molar-refractivity contribution in [1.82, 2.24) is 19.7 Å². The number of aromatic nitrogens is 4. The first-order valence-electron chi connectivity index (χ1n) is 11.5. The summed E-state index contributed by atoms with van der Waals surface area (Å²) in [5, 5.41) is 19.0. The molecule has 1 aromatic carbocycles. The molecule has 3 heterocycles. The molecule has 0 saturated heterocycles. The third-order valence-corrected chi connectivity index (χ3v) is 7.28. The summed E-state index contributed by atoms with van der Waals surface area (Å²) in [4.78, 5) is 33.2. The second-order valence-corrected chi connectivity index (χ2v) is 9.50. The average molecular weight is 509 g/mol. The number of carbonyl (C=O) groups is 1. The number of amides is 1. The van der Waals surface area contributed by atoms with E-state index in [1.54, 1.807) is 32.5 Å². The zero-order chi connectivity index (χ0) is 25.2. The van der Waals surface area contributed by atoms with Crippen molar-refractivity contribution >= 4 is 39.1 Å². The third-order valence-electron chi connectivity index (χ3n) is 6.24. The molecule has 0 atom stereocenters. The van der Waals surface area contributed by atoms with Crippen LogP contribution in [-0.2, 0) is 0 Å².